The number of nitrogens with zero attached hydrogens (tertiary/aromatic N) is 4. The maximum Gasteiger partial charge on any atom is 0.154 e. The molecule has 0 saturated heterocycles. The normalized spacial score (nSPS) is 10.6. The fourth-order valence-electron chi connectivity index (χ4n) is 1.23. The Kier molecular flexibility index (Phi) is 3.02. The van der Waals surface area contributed by atoms with Crippen molar-refractivity contribution in [1.82, 2.24) is 19.7 Å². The van der Waals surface area contributed by atoms with E-state index in [2.05, 4.69) is 31.0 Å². The number of rotatable bonds is 2. The summed E-state index contributed by atoms with van der Waals surface area (Å²) in [7, 11) is 1.83. The molecule has 78 valence electrons. The van der Waals surface area contributed by atoms with E-state index in [-0.39, 0.29) is 0 Å². The molecule has 0 atom stereocenters. The van der Waals surface area contributed by atoms with Crippen molar-refractivity contribution in [2.45, 2.75) is 6.42 Å². The van der Waals surface area contributed by atoms with Gasteiger partial charge in [-0.3, -0.25) is 4.68 Å². The quantitative estimate of drug-likeness (QED) is 0.850. The molecule has 0 amide bonds. The molecule has 0 saturated carbocycles. The molecular weight excluding hydrogens is 279 g/mol. The average Bonchev–Trinajstić information content (AvgIpc) is 2.49. The smallest absolute Gasteiger partial charge is 0.154 e. The lowest BCUT2D eigenvalue weighted by Crippen LogP contribution is -1.95. The van der Waals surface area contributed by atoms with E-state index in [1.54, 1.807) is 17.1 Å². The van der Waals surface area contributed by atoms with E-state index in [0.29, 0.717) is 11.6 Å². The molecule has 2 heterocycles. The van der Waals surface area contributed by atoms with Gasteiger partial charge in [0.05, 0.1) is 4.47 Å². The zero-order valence-corrected chi connectivity index (χ0v) is 10.3. The summed E-state index contributed by atoms with van der Waals surface area (Å²) in [4.78, 5) is 8.34. The molecule has 0 radical (unpaired) electrons. The van der Waals surface area contributed by atoms with Gasteiger partial charge in [-0.25, -0.2) is 9.97 Å². The Morgan fingerprint density at radius 2 is 2.07 bits per heavy atom. The molecule has 0 fully saturated rings. The highest BCUT2D eigenvalue weighted by Gasteiger charge is 2.07. The molecule has 0 bridgehead atoms. The highest BCUT2D eigenvalue weighted by Crippen LogP contribution is 2.15. The van der Waals surface area contributed by atoms with Gasteiger partial charge in [0.25, 0.3) is 0 Å². The van der Waals surface area contributed by atoms with Gasteiger partial charge in [-0.2, -0.15) is 5.10 Å². The number of aromatic nitrogens is 4. The summed E-state index contributed by atoms with van der Waals surface area (Å²) in [6, 6.07) is 0. The lowest BCUT2D eigenvalue weighted by atomic mass is 10.2. The Labute approximate surface area is 100 Å². The Balaban J connectivity index is 2.21. The van der Waals surface area contributed by atoms with Gasteiger partial charge in [-0.05, 0) is 15.9 Å². The fourth-order valence-corrected chi connectivity index (χ4v) is 1.67. The van der Waals surface area contributed by atoms with Gasteiger partial charge >= 0.3 is 0 Å². The van der Waals surface area contributed by atoms with Gasteiger partial charge in [0.1, 0.15) is 5.82 Å². The molecule has 0 spiro atoms. The average molecular weight is 288 g/mol. The number of halogens is 2. The first-order chi connectivity index (χ1) is 7.15. The van der Waals surface area contributed by atoms with Crippen molar-refractivity contribution in [1.29, 1.82) is 0 Å². The van der Waals surface area contributed by atoms with E-state index >= 15 is 0 Å². The van der Waals surface area contributed by atoms with Gasteiger partial charge in [0, 0.05) is 37.6 Å². The first kappa shape index (κ1) is 10.6. The van der Waals surface area contributed by atoms with Crippen LogP contribution in [0, 0.1) is 0 Å². The highest BCUT2D eigenvalue weighted by molar-refractivity contribution is 9.10. The third-order valence-electron chi connectivity index (χ3n) is 1.88. The maximum atomic E-state index is 5.93. The maximum absolute atomic E-state index is 5.93. The van der Waals surface area contributed by atoms with Crippen molar-refractivity contribution in [3.63, 3.8) is 0 Å². The summed E-state index contributed by atoms with van der Waals surface area (Å²) < 4.78 is 2.54. The van der Waals surface area contributed by atoms with Crippen LogP contribution in [0.5, 0.6) is 0 Å². The van der Waals surface area contributed by atoms with E-state index in [9.17, 15) is 0 Å². The highest BCUT2D eigenvalue weighted by atomic mass is 79.9. The van der Waals surface area contributed by atoms with Gasteiger partial charge < -0.3 is 0 Å². The summed E-state index contributed by atoms with van der Waals surface area (Å²) in [5, 5.41) is 4.55. The SMILES string of the molecule is Cn1cc(Cc2ncc(Br)cn2)c(Cl)n1. The monoisotopic (exact) mass is 286 g/mol. The molecule has 6 heteroatoms. The molecule has 15 heavy (non-hydrogen) atoms. The van der Waals surface area contributed by atoms with Crippen molar-refractivity contribution in [2.75, 3.05) is 0 Å². The summed E-state index contributed by atoms with van der Waals surface area (Å²) in [5.74, 6) is 0.730. The molecule has 0 aliphatic carbocycles. The van der Waals surface area contributed by atoms with Gasteiger partial charge in [0.15, 0.2) is 5.15 Å². The largest absolute Gasteiger partial charge is 0.274 e. The molecule has 2 aromatic rings. The second-order valence-corrected chi connectivity index (χ2v) is 4.39. The Hall–Kier alpha value is -0.940. The van der Waals surface area contributed by atoms with Crippen LogP contribution in [0.25, 0.3) is 0 Å². The van der Waals surface area contributed by atoms with E-state index < -0.39 is 0 Å². The molecule has 4 nitrogen and oxygen atoms in total. The first-order valence-electron chi connectivity index (χ1n) is 4.29. The van der Waals surface area contributed by atoms with E-state index in [1.165, 1.54) is 0 Å². The minimum Gasteiger partial charge on any atom is -0.274 e. The van der Waals surface area contributed by atoms with Crippen LogP contribution in [0.1, 0.15) is 11.4 Å². The third kappa shape index (κ3) is 2.54. The fraction of sp³-hybridized carbons (Fsp3) is 0.222. The van der Waals surface area contributed by atoms with Crippen LogP contribution in [0.15, 0.2) is 23.1 Å². The number of hydrogen-bond acceptors (Lipinski definition) is 3. The molecule has 0 aromatic carbocycles. The van der Waals surface area contributed by atoms with Crippen molar-refractivity contribution in [3.8, 4) is 0 Å². The van der Waals surface area contributed by atoms with Crippen LogP contribution < -0.4 is 0 Å². The molecule has 0 aliphatic heterocycles. The number of aryl methyl sites for hydroxylation is 1. The molecule has 0 N–H and O–H groups in total. The van der Waals surface area contributed by atoms with Gasteiger partial charge in [-0.15, -0.1) is 0 Å². The standard InChI is InChI=1S/C9H8BrClN4/c1-15-5-6(9(11)14-15)2-8-12-3-7(10)4-13-8/h3-5H,2H2,1H3. The van der Waals surface area contributed by atoms with E-state index in [4.69, 9.17) is 11.6 Å². The van der Waals surface area contributed by atoms with Crippen LogP contribution in [-0.2, 0) is 13.5 Å². The van der Waals surface area contributed by atoms with Crippen LogP contribution in [0.3, 0.4) is 0 Å². The summed E-state index contributed by atoms with van der Waals surface area (Å²) in [5.41, 5.74) is 0.932. The summed E-state index contributed by atoms with van der Waals surface area (Å²) >= 11 is 9.21. The van der Waals surface area contributed by atoms with Crippen LogP contribution in [0.2, 0.25) is 5.15 Å². The molecular formula is C9H8BrClN4. The second kappa shape index (κ2) is 4.28. The van der Waals surface area contributed by atoms with Crippen LogP contribution >= 0.6 is 27.5 Å². The topological polar surface area (TPSA) is 43.6 Å². The first-order valence-corrected chi connectivity index (χ1v) is 5.46. The third-order valence-corrected chi connectivity index (χ3v) is 2.60. The molecule has 2 aromatic heterocycles. The molecule has 0 unspecified atom stereocenters. The predicted molar refractivity (Wildman–Crippen MR) is 60.8 cm³/mol. The van der Waals surface area contributed by atoms with E-state index in [1.807, 2.05) is 13.2 Å². The zero-order chi connectivity index (χ0) is 10.8. The molecule has 2 rings (SSSR count). The molecule has 0 aliphatic rings. The van der Waals surface area contributed by atoms with Crippen molar-refractivity contribution in [2.24, 2.45) is 7.05 Å². The summed E-state index contributed by atoms with van der Waals surface area (Å²) in [6.07, 6.45) is 5.90. The minimum atomic E-state index is 0.504. The van der Waals surface area contributed by atoms with E-state index in [0.717, 1.165) is 15.9 Å². The Morgan fingerprint density at radius 1 is 1.40 bits per heavy atom. The Morgan fingerprint density at radius 3 is 2.60 bits per heavy atom. The second-order valence-electron chi connectivity index (χ2n) is 3.11. The lowest BCUT2D eigenvalue weighted by molar-refractivity contribution is 0.767. The number of hydrogen-bond donors (Lipinski definition) is 0. The summed E-state index contributed by atoms with van der Waals surface area (Å²) in [6.45, 7) is 0. The van der Waals surface area contributed by atoms with Crippen molar-refractivity contribution in [3.05, 3.63) is 39.6 Å². The van der Waals surface area contributed by atoms with Gasteiger partial charge in [-0.1, -0.05) is 11.6 Å². The van der Waals surface area contributed by atoms with Crippen LogP contribution in [-0.4, -0.2) is 19.7 Å². The lowest BCUT2D eigenvalue weighted by Gasteiger charge is -1.97. The van der Waals surface area contributed by atoms with Crippen LogP contribution in [0.4, 0.5) is 0 Å². The predicted octanol–water partition coefficient (Wildman–Crippen LogP) is 2.22. The Bertz CT molecular complexity index is 465. The van der Waals surface area contributed by atoms with Crippen molar-refractivity contribution >= 4 is 27.5 Å². The van der Waals surface area contributed by atoms with Crippen molar-refractivity contribution < 1.29 is 0 Å². The zero-order valence-electron chi connectivity index (χ0n) is 7.98. The van der Waals surface area contributed by atoms with Gasteiger partial charge in [0.2, 0.25) is 0 Å². The minimum absolute atomic E-state index is 0.504.